The lowest BCUT2D eigenvalue weighted by atomic mass is 10.0. The average molecular weight is 154 g/mol. The molecule has 0 nitrogen and oxygen atoms in total. The Kier molecular flexibility index (Phi) is 5.53. The summed E-state index contributed by atoms with van der Waals surface area (Å²) in [5, 5.41) is 0. The van der Waals surface area contributed by atoms with Crippen molar-refractivity contribution >= 4 is 0 Å². The Labute approximate surface area is 71.4 Å². The molecule has 66 valence electrons. The first-order valence-electron chi connectivity index (χ1n) is 5.50. The molecule has 0 aromatic heterocycles. The van der Waals surface area contributed by atoms with Crippen molar-refractivity contribution in [3.8, 4) is 0 Å². The van der Waals surface area contributed by atoms with E-state index in [1.54, 1.807) is 0 Å². The van der Waals surface area contributed by atoms with Crippen molar-refractivity contribution < 1.29 is 0 Å². The van der Waals surface area contributed by atoms with Crippen LogP contribution in [0.2, 0.25) is 0 Å². The molecule has 0 aliphatic heterocycles. The van der Waals surface area contributed by atoms with Gasteiger partial charge in [-0.05, 0) is 0 Å². The summed E-state index contributed by atoms with van der Waals surface area (Å²) in [4.78, 5) is 0. The Morgan fingerprint density at radius 1 is 0.182 bits per heavy atom. The van der Waals surface area contributed by atoms with Crippen molar-refractivity contribution in [2.24, 2.45) is 0 Å². The van der Waals surface area contributed by atoms with Gasteiger partial charge in [-0.3, -0.25) is 0 Å². The molecule has 0 saturated heterocycles. The van der Waals surface area contributed by atoms with Gasteiger partial charge in [0.05, 0.1) is 0 Å². The van der Waals surface area contributed by atoms with Crippen molar-refractivity contribution in [2.75, 3.05) is 0 Å². The number of rotatable bonds is 0. The molecule has 0 N–H and O–H groups in total. The third-order valence-corrected chi connectivity index (χ3v) is 2.75. The molecule has 0 bridgehead atoms. The van der Waals surface area contributed by atoms with Gasteiger partial charge in [0.25, 0.3) is 0 Å². The van der Waals surface area contributed by atoms with Crippen LogP contribution >= 0.6 is 0 Å². The van der Waals surface area contributed by atoms with Crippen LogP contribution in [-0.4, -0.2) is 0 Å². The fourth-order valence-corrected chi connectivity index (χ4v) is 1.94. The van der Waals surface area contributed by atoms with E-state index in [1.165, 1.54) is 70.6 Å². The van der Waals surface area contributed by atoms with Crippen LogP contribution in [0.15, 0.2) is 0 Å². The highest BCUT2D eigenvalue weighted by Gasteiger charge is 1.95. The van der Waals surface area contributed by atoms with Crippen molar-refractivity contribution in [1.82, 2.24) is 0 Å². The van der Waals surface area contributed by atoms with Gasteiger partial charge in [-0.1, -0.05) is 70.6 Å². The maximum atomic E-state index is 1.50. The summed E-state index contributed by atoms with van der Waals surface area (Å²) in [6.07, 6.45) is 16.5. The second-order valence-electron chi connectivity index (χ2n) is 3.89. The van der Waals surface area contributed by atoms with Crippen LogP contribution in [0.5, 0.6) is 0 Å². The summed E-state index contributed by atoms with van der Waals surface area (Å²) in [5.74, 6) is 0. The van der Waals surface area contributed by atoms with E-state index in [0.717, 1.165) is 0 Å². The topological polar surface area (TPSA) is 0 Å². The van der Waals surface area contributed by atoms with Crippen molar-refractivity contribution in [3.05, 3.63) is 0 Å². The van der Waals surface area contributed by atoms with Gasteiger partial charge in [-0.2, -0.15) is 0 Å². The third kappa shape index (κ3) is 5.29. The molecule has 0 aromatic rings. The van der Waals surface area contributed by atoms with Gasteiger partial charge < -0.3 is 0 Å². The first kappa shape index (κ1) is 9.09. The Bertz CT molecular complexity index is 49.0. The highest BCUT2D eigenvalue weighted by atomic mass is 14.0. The van der Waals surface area contributed by atoms with Crippen LogP contribution in [-0.2, 0) is 0 Å². The van der Waals surface area contributed by atoms with Gasteiger partial charge in [0, 0.05) is 0 Å². The minimum absolute atomic E-state index is 1.50. The van der Waals surface area contributed by atoms with E-state index in [9.17, 15) is 0 Å². The quantitative estimate of drug-likeness (QED) is 0.488. The monoisotopic (exact) mass is 154 g/mol. The Balaban J connectivity index is 0.000000112. The van der Waals surface area contributed by atoms with E-state index in [1.807, 2.05) is 0 Å². The summed E-state index contributed by atoms with van der Waals surface area (Å²) in [5.41, 5.74) is 0. The van der Waals surface area contributed by atoms with Gasteiger partial charge in [0.1, 0.15) is 0 Å². The zero-order chi connectivity index (χ0) is 7.78. The molecule has 0 heteroatoms. The average Bonchev–Trinajstić information content (AvgIpc) is 2.64. The standard InChI is InChI=1S/C6H12.C5H10/c1-2-4-6-5-3-1;1-2-4-5-3-1/h1-6H2;1-5H2. The van der Waals surface area contributed by atoms with Crippen molar-refractivity contribution in [3.63, 3.8) is 0 Å². The summed E-state index contributed by atoms with van der Waals surface area (Å²) >= 11 is 0. The van der Waals surface area contributed by atoms with E-state index < -0.39 is 0 Å². The molecule has 0 atom stereocenters. The second-order valence-corrected chi connectivity index (χ2v) is 3.89. The van der Waals surface area contributed by atoms with Crippen LogP contribution in [0.3, 0.4) is 0 Å². The summed E-state index contributed by atoms with van der Waals surface area (Å²) in [7, 11) is 0. The van der Waals surface area contributed by atoms with Crippen molar-refractivity contribution in [2.45, 2.75) is 70.6 Å². The molecule has 11 heavy (non-hydrogen) atoms. The highest BCUT2D eigenvalue weighted by Crippen LogP contribution is 2.15. The summed E-state index contributed by atoms with van der Waals surface area (Å²) < 4.78 is 0. The summed E-state index contributed by atoms with van der Waals surface area (Å²) in [6.45, 7) is 0. The van der Waals surface area contributed by atoms with Crippen LogP contribution in [0.25, 0.3) is 0 Å². The fourth-order valence-electron chi connectivity index (χ4n) is 1.94. The Morgan fingerprint density at radius 2 is 0.273 bits per heavy atom. The zero-order valence-electron chi connectivity index (χ0n) is 7.78. The van der Waals surface area contributed by atoms with E-state index in [4.69, 9.17) is 0 Å². The van der Waals surface area contributed by atoms with E-state index in [-0.39, 0.29) is 0 Å². The van der Waals surface area contributed by atoms with Crippen LogP contribution in [0, 0.1) is 0 Å². The zero-order valence-corrected chi connectivity index (χ0v) is 7.78. The van der Waals surface area contributed by atoms with E-state index in [0.29, 0.717) is 0 Å². The molecular formula is C11H22. The minimum atomic E-state index is 1.50. The molecule has 0 spiro atoms. The second kappa shape index (κ2) is 6.69. The first-order valence-corrected chi connectivity index (χ1v) is 5.50. The maximum absolute atomic E-state index is 1.50. The van der Waals surface area contributed by atoms with E-state index in [2.05, 4.69) is 0 Å². The lowest BCUT2D eigenvalue weighted by Crippen LogP contribution is -1.85. The van der Waals surface area contributed by atoms with Gasteiger partial charge in [-0.15, -0.1) is 0 Å². The predicted molar refractivity (Wildman–Crippen MR) is 50.8 cm³/mol. The molecule has 0 aromatic carbocycles. The van der Waals surface area contributed by atoms with Gasteiger partial charge in [0.15, 0.2) is 0 Å². The van der Waals surface area contributed by atoms with Crippen LogP contribution in [0.4, 0.5) is 0 Å². The number of hydrogen-bond acceptors (Lipinski definition) is 0. The molecule has 2 saturated carbocycles. The molecule has 2 fully saturated rings. The first-order chi connectivity index (χ1) is 5.50. The largest absolute Gasteiger partial charge is 0.0533 e. The normalized spacial score (nSPS) is 24.0. The van der Waals surface area contributed by atoms with Crippen LogP contribution < -0.4 is 0 Å². The smallest absolute Gasteiger partial charge is 0.0533 e. The molecule has 0 amide bonds. The highest BCUT2D eigenvalue weighted by molar-refractivity contribution is 4.51. The molecule has 0 unspecified atom stereocenters. The lowest BCUT2D eigenvalue weighted by molar-refractivity contribution is 0.504. The number of hydrogen-bond donors (Lipinski definition) is 0. The minimum Gasteiger partial charge on any atom is -0.0533 e. The predicted octanol–water partition coefficient (Wildman–Crippen LogP) is 4.29. The van der Waals surface area contributed by atoms with E-state index >= 15 is 0 Å². The molecule has 0 radical (unpaired) electrons. The Morgan fingerprint density at radius 3 is 0.364 bits per heavy atom. The summed E-state index contributed by atoms with van der Waals surface area (Å²) in [6, 6.07) is 0. The molecule has 2 aliphatic rings. The third-order valence-electron chi connectivity index (χ3n) is 2.75. The molecule has 0 heterocycles. The fraction of sp³-hybridized carbons (Fsp3) is 1.00. The molecule has 2 rings (SSSR count). The van der Waals surface area contributed by atoms with Gasteiger partial charge >= 0.3 is 0 Å². The van der Waals surface area contributed by atoms with Gasteiger partial charge in [-0.25, -0.2) is 0 Å². The molecule has 2 aliphatic carbocycles. The Hall–Kier alpha value is 0. The van der Waals surface area contributed by atoms with Crippen molar-refractivity contribution in [1.29, 1.82) is 0 Å². The molecular weight excluding hydrogens is 132 g/mol. The lowest BCUT2D eigenvalue weighted by Gasteiger charge is -2.05. The SMILES string of the molecule is C1CCCC1.C1CCCCC1. The maximum Gasteiger partial charge on any atom is -0.0533 e. The van der Waals surface area contributed by atoms with Gasteiger partial charge in [0.2, 0.25) is 0 Å². The van der Waals surface area contributed by atoms with Crippen LogP contribution in [0.1, 0.15) is 70.6 Å².